The second kappa shape index (κ2) is 9.67. The summed E-state index contributed by atoms with van der Waals surface area (Å²) in [5, 5.41) is 2.90. The molecule has 8 heteroatoms. The summed E-state index contributed by atoms with van der Waals surface area (Å²) >= 11 is 0. The average molecular weight is 416 g/mol. The number of amides is 2. The molecule has 0 radical (unpaired) electrons. The van der Waals surface area contributed by atoms with Crippen molar-refractivity contribution in [1.82, 2.24) is 9.62 Å². The molecular weight excluding hydrogens is 390 g/mol. The van der Waals surface area contributed by atoms with Gasteiger partial charge in [-0.3, -0.25) is 9.59 Å². The largest absolute Gasteiger partial charge is 0.343 e. The second-order valence-electron chi connectivity index (χ2n) is 6.97. The summed E-state index contributed by atoms with van der Waals surface area (Å²) in [7, 11) is -3.61. The molecule has 1 aliphatic heterocycles. The molecule has 1 heterocycles. The van der Waals surface area contributed by atoms with E-state index in [0.29, 0.717) is 25.9 Å². The number of para-hydroxylation sites is 1. The first-order valence-electron chi connectivity index (χ1n) is 9.64. The number of benzene rings is 2. The van der Waals surface area contributed by atoms with Crippen LogP contribution >= 0.6 is 0 Å². The van der Waals surface area contributed by atoms with E-state index < -0.39 is 10.0 Å². The van der Waals surface area contributed by atoms with Gasteiger partial charge in [-0.1, -0.05) is 36.4 Å². The van der Waals surface area contributed by atoms with Crippen LogP contribution in [-0.4, -0.2) is 44.8 Å². The monoisotopic (exact) mass is 415 g/mol. The first-order valence-corrected chi connectivity index (χ1v) is 11.1. The Kier molecular flexibility index (Phi) is 7.00. The molecule has 0 saturated carbocycles. The second-order valence-corrected chi connectivity index (χ2v) is 8.74. The van der Waals surface area contributed by atoms with Crippen LogP contribution in [0.1, 0.15) is 19.3 Å². The number of piperidine rings is 1. The molecule has 7 nitrogen and oxygen atoms in total. The molecule has 29 heavy (non-hydrogen) atoms. The Balaban J connectivity index is 1.41. The third-order valence-corrected chi connectivity index (χ3v) is 6.42. The molecule has 2 N–H and O–H groups in total. The summed E-state index contributed by atoms with van der Waals surface area (Å²) in [6.45, 7) is 1.04. The van der Waals surface area contributed by atoms with Gasteiger partial charge >= 0.3 is 0 Å². The van der Waals surface area contributed by atoms with E-state index in [1.54, 1.807) is 23.1 Å². The fourth-order valence-electron chi connectivity index (χ4n) is 3.29. The van der Waals surface area contributed by atoms with Crippen LogP contribution < -0.4 is 10.0 Å². The molecule has 0 atom stereocenters. The van der Waals surface area contributed by atoms with Gasteiger partial charge in [0.2, 0.25) is 21.8 Å². The van der Waals surface area contributed by atoms with Crippen LogP contribution in [0.15, 0.2) is 65.6 Å². The number of nitrogens with one attached hydrogen (secondary N) is 2. The lowest BCUT2D eigenvalue weighted by molar-refractivity contribution is -0.134. The van der Waals surface area contributed by atoms with Crippen LogP contribution in [0.4, 0.5) is 5.69 Å². The van der Waals surface area contributed by atoms with E-state index in [4.69, 9.17) is 0 Å². The minimum Gasteiger partial charge on any atom is -0.343 e. The Morgan fingerprint density at radius 3 is 2.14 bits per heavy atom. The Labute approximate surface area is 171 Å². The van der Waals surface area contributed by atoms with Crippen molar-refractivity contribution < 1.29 is 18.0 Å². The molecule has 0 spiro atoms. The molecule has 2 aromatic rings. The zero-order valence-electron chi connectivity index (χ0n) is 16.1. The van der Waals surface area contributed by atoms with Crippen LogP contribution in [0.3, 0.4) is 0 Å². The number of hydrogen-bond acceptors (Lipinski definition) is 4. The number of hydrogen-bond donors (Lipinski definition) is 2. The Hall–Kier alpha value is -2.71. The number of anilines is 1. The highest BCUT2D eigenvalue weighted by molar-refractivity contribution is 7.89. The highest BCUT2D eigenvalue weighted by Gasteiger charge is 2.27. The van der Waals surface area contributed by atoms with Crippen LogP contribution in [0, 0.1) is 5.92 Å². The van der Waals surface area contributed by atoms with Gasteiger partial charge < -0.3 is 10.2 Å². The maximum absolute atomic E-state index is 12.4. The van der Waals surface area contributed by atoms with Gasteiger partial charge in [0.15, 0.2) is 0 Å². The van der Waals surface area contributed by atoms with Crippen molar-refractivity contribution in [2.45, 2.75) is 24.2 Å². The van der Waals surface area contributed by atoms with Crippen molar-refractivity contribution in [3.05, 3.63) is 60.7 Å². The van der Waals surface area contributed by atoms with Gasteiger partial charge in [0.25, 0.3) is 0 Å². The van der Waals surface area contributed by atoms with Crippen molar-refractivity contribution in [3.63, 3.8) is 0 Å². The normalized spacial score (nSPS) is 15.1. The van der Waals surface area contributed by atoms with Gasteiger partial charge in [-0.2, -0.15) is 0 Å². The fourth-order valence-corrected chi connectivity index (χ4v) is 4.34. The van der Waals surface area contributed by atoms with E-state index in [9.17, 15) is 18.0 Å². The number of nitrogens with zero attached hydrogens (tertiary/aromatic N) is 1. The zero-order chi connectivity index (χ0) is 20.7. The number of likely N-dealkylation sites (tertiary alicyclic amines) is 1. The first kappa shape index (κ1) is 21.0. The third kappa shape index (κ3) is 5.88. The van der Waals surface area contributed by atoms with E-state index >= 15 is 0 Å². The topological polar surface area (TPSA) is 95.6 Å². The van der Waals surface area contributed by atoms with Gasteiger partial charge in [-0.25, -0.2) is 13.1 Å². The molecule has 1 aliphatic rings. The van der Waals surface area contributed by atoms with Gasteiger partial charge in [-0.05, 0) is 37.1 Å². The van der Waals surface area contributed by atoms with Gasteiger partial charge in [0.05, 0.1) is 4.90 Å². The Morgan fingerprint density at radius 1 is 0.931 bits per heavy atom. The van der Waals surface area contributed by atoms with E-state index in [1.165, 1.54) is 12.1 Å². The van der Waals surface area contributed by atoms with Crippen molar-refractivity contribution in [2.75, 3.05) is 25.0 Å². The Morgan fingerprint density at radius 2 is 1.52 bits per heavy atom. The number of rotatable bonds is 7. The predicted octanol–water partition coefficient (Wildman–Crippen LogP) is 2.23. The molecule has 2 aromatic carbocycles. The molecule has 0 aliphatic carbocycles. The molecule has 154 valence electrons. The standard InChI is InChI=1S/C21H25N3O4S/c25-20(11-14-22-29(27,28)19-9-5-2-6-10-19)24-15-12-17(13-16-24)21(26)23-18-7-3-1-4-8-18/h1-10,17,22H,11-16H2,(H,23,26). The zero-order valence-corrected chi connectivity index (χ0v) is 16.9. The molecule has 0 aromatic heterocycles. The number of carbonyl (C=O) groups excluding carboxylic acids is 2. The van der Waals surface area contributed by atoms with E-state index in [1.807, 2.05) is 30.3 Å². The van der Waals surface area contributed by atoms with Crippen molar-refractivity contribution in [3.8, 4) is 0 Å². The fraction of sp³-hybridized carbons (Fsp3) is 0.333. The maximum Gasteiger partial charge on any atom is 0.240 e. The van der Waals surface area contributed by atoms with Gasteiger partial charge in [0, 0.05) is 37.7 Å². The lowest BCUT2D eigenvalue weighted by atomic mass is 9.95. The highest BCUT2D eigenvalue weighted by atomic mass is 32.2. The van der Waals surface area contributed by atoms with Crippen LogP contribution in [0.5, 0.6) is 0 Å². The molecule has 1 fully saturated rings. The lowest BCUT2D eigenvalue weighted by Crippen LogP contribution is -2.42. The minimum absolute atomic E-state index is 0.0288. The van der Waals surface area contributed by atoms with Gasteiger partial charge in [-0.15, -0.1) is 0 Å². The van der Waals surface area contributed by atoms with E-state index in [2.05, 4.69) is 10.0 Å². The number of sulfonamides is 1. The summed E-state index contributed by atoms with van der Waals surface area (Å²) in [5.41, 5.74) is 0.765. The molecule has 2 amide bonds. The summed E-state index contributed by atoms with van der Waals surface area (Å²) in [6, 6.07) is 17.4. The van der Waals surface area contributed by atoms with Crippen LogP contribution in [-0.2, 0) is 19.6 Å². The lowest BCUT2D eigenvalue weighted by Gasteiger charge is -2.31. The van der Waals surface area contributed by atoms with Crippen LogP contribution in [0.25, 0.3) is 0 Å². The maximum atomic E-state index is 12.4. The van der Waals surface area contributed by atoms with Crippen molar-refractivity contribution in [1.29, 1.82) is 0 Å². The van der Waals surface area contributed by atoms with Crippen molar-refractivity contribution in [2.24, 2.45) is 5.92 Å². The first-order chi connectivity index (χ1) is 14.0. The predicted molar refractivity (Wildman–Crippen MR) is 111 cm³/mol. The molecular formula is C21H25N3O4S. The molecule has 0 unspecified atom stereocenters. The summed E-state index contributed by atoms with van der Waals surface area (Å²) in [6.07, 6.45) is 1.28. The minimum atomic E-state index is -3.61. The average Bonchev–Trinajstić information content (AvgIpc) is 2.75. The van der Waals surface area contributed by atoms with E-state index in [-0.39, 0.29) is 35.6 Å². The molecule has 0 bridgehead atoms. The van der Waals surface area contributed by atoms with Gasteiger partial charge in [0.1, 0.15) is 0 Å². The van der Waals surface area contributed by atoms with Crippen molar-refractivity contribution >= 4 is 27.5 Å². The number of carbonyl (C=O) groups is 2. The molecule has 1 saturated heterocycles. The SMILES string of the molecule is O=C(Nc1ccccc1)C1CCN(C(=O)CCNS(=O)(=O)c2ccccc2)CC1. The summed E-state index contributed by atoms with van der Waals surface area (Å²) < 4.78 is 26.8. The van der Waals surface area contributed by atoms with Crippen LogP contribution in [0.2, 0.25) is 0 Å². The Bertz CT molecular complexity index is 925. The van der Waals surface area contributed by atoms with E-state index in [0.717, 1.165) is 5.69 Å². The smallest absolute Gasteiger partial charge is 0.240 e. The molecule has 3 rings (SSSR count). The quantitative estimate of drug-likeness (QED) is 0.725. The summed E-state index contributed by atoms with van der Waals surface area (Å²) in [5.74, 6) is -0.266. The summed E-state index contributed by atoms with van der Waals surface area (Å²) in [4.78, 5) is 26.6. The highest BCUT2D eigenvalue weighted by Crippen LogP contribution is 2.20. The third-order valence-electron chi connectivity index (χ3n) is 4.94.